The van der Waals surface area contributed by atoms with Gasteiger partial charge < -0.3 is 10.1 Å². The van der Waals surface area contributed by atoms with E-state index in [9.17, 15) is 14.0 Å². The van der Waals surface area contributed by atoms with Crippen molar-refractivity contribution in [3.05, 3.63) is 83.4 Å². The van der Waals surface area contributed by atoms with Gasteiger partial charge in [0, 0.05) is 35.2 Å². The Morgan fingerprint density at radius 3 is 2.56 bits per heavy atom. The van der Waals surface area contributed by atoms with E-state index in [1.807, 2.05) is 53.4 Å². The molecule has 1 aliphatic heterocycles. The Hall–Kier alpha value is -3.45. The quantitative estimate of drug-likeness (QED) is 0.574. The fraction of sp³-hybridized carbons (Fsp3) is 0.208. The summed E-state index contributed by atoms with van der Waals surface area (Å²) in [7, 11) is 0. The monoisotopic (exact) mass is 454 g/mol. The van der Waals surface area contributed by atoms with Gasteiger partial charge in [0.15, 0.2) is 18.9 Å². The van der Waals surface area contributed by atoms with E-state index in [4.69, 9.17) is 16.3 Å². The third-order valence-corrected chi connectivity index (χ3v) is 5.45. The standard InChI is InChI=1S/C24H21ClFN3O3/c1-16(30)27-13-21-15-29(24(31)32-21)20-6-7-22(23(26)12-20)18-8-10-28(11-9-18)14-17-2-4-19(25)5-3-17/h2-12,21H,13-15H2,1H3/p+1/t21-/m0/s1. The molecular formula is C24H22ClFN3O3+. The Labute approximate surface area is 190 Å². The van der Waals surface area contributed by atoms with Crippen molar-refractivity contribution in [1.82, 2.24) is 5.32 Å². The van der Waals surface area contributed by atoms with Crippen LogP contribution in [0.1, 0.15) is 12.5 Å². The van der Waals surface area contributed by atoms with E-state index < -0.39 is 18.0 Å². The van der Waals surface area contributed by atoms with Crippen molar-refractivity contribution in [2.75, 3.05) is 18.0 Å². The van der Waals surface area contributed by atoms with Crippen molar-refractivity contribution >= 4 is 29.3 Å². The van der Waals surface area contributed by atoms with Gasteiger partial charge >= 0.3 is 6.09 Å². The summed E-state index contributed by atoms with van der Waals surface area (Å²) >= 11 is 5.93. The number of hydrogen-bond acceptors (Lipinski definition) is 3. The highest BCUT2D eigenvalue weighted by Gasteiger charge is 2.32. The molecule has 1 atom stereocenters. The van der Waals surface area contributed by atoms with Gasteiger partial charge in [-0.05, 0) is 35.9 Å². The number of carbonyl (C=O) groups excluding carboxylic acids is 2. The summed E-state index contributed by atoms with van der Waals surface area (Å²) in [5, 5.41) is 3.31. The predicted octanol–water partition coefficient (Wildman–Crippen LogP) is 3.94. The van der Waals surface area contributed by atoms with Gasteiger partial charge in [0.2, 0.25) is 5.91 Å². The third-order valence-electron chi connectivity index (χ3n) is 5.20. The maximum atomic E-state index is 14.9. The van der Waals surface area contributed by atoms with Crippen molar-refractivity contribution in [3.63, 3.8) is 0 Å². The van der Waals surface area contributed by atoms with Crippen LogP contribution in [0.2, 0.25) is 5.02 Å². The van der Waals surface area contributed by atoms with Gasteiger partial charge in [-0.15, -0.1) is 0 Å². The van der Waals surface area contributed by atoms with Gasteiger partial charge in [-0.3, -0.25) is 9.69 Å². The molecule has 2 heterocycles. The number of carbonyl (C=O) groups is 2. The van der Waals surface area contributed by atoms with Gasteiger partial charge in [-0.25, -0.2) is 13.8 Å². The molecule has 3 aromatic rings. The molecule has 32 heavy (non-hydrogen) atoms. The number of nitrogens with zero attached hydrogens (tertiary/aromatic N) is 2. The minimum atomic E-state index is -0.560. The lowest BCUT2D eigenvalue weighted by molar-refractivity contribution is -0.688. The van der Waals surface area contributed by atoms with Crippen LogP contribution in [-0.4, -0.2) is 31.2 Å². The molecule has 1 N–H and O–H groups in total. The number of amides is 2. The zero-order chi connectivity index (χ0) is 22.7. The zero-order valence-electron chi connectivity index (χ0n) is 17.4. The van der Waals surface area contributed by atoms with Crippen LogP contribution >= 0.6 is 11.6 Å². The lowest BCUT2D eigenvalue weighted by Crippen LogP contribution is -2.33. The van der Waals surface area contributed by atoms with Gasteiger partial charge in [-0.1, -0.05) is 23.7 Å². The molecule has 0 bridgehead atoms. The molecule has 0 spiro atoms. The molecule has 0 saturated carbocycles. The predicted molar refractivity (Wildman–Crippen MR) is 119 cm³/mol. The molecule has 8 heteroatoms. The second-order valence-corrected chi connectivity index (χ2v) is 8.04. The first-order valence-electron chi connectivity index (χ1n) is 10.1. The van der Waals surface area contributed by atoms with E-state index in [1.54, 1.807) is 12.1 Å². The number of rotatable bonds is 6. The molecule has 4 rings (SSSR count). The summed E-state index contributed by atoms with van der Waals surface area (Å²) in [5.41, 5.74) is 2.69. The second-order valence-electron chi connectivity index (χ2n) is 7.60. The average Bonchev–Trinajstić information content (AvgIpc) is 3.15. The SMILES string of the molecule is CC(=O)NC[C@H]1CN(c2ccc(-c3cc[n+](Cc4ccc(Cl)cc4)cc3)c(F)c2)C(=O)O1. The number of aromatic nitrogens is 1. The number of benzene rings is 2. The molecule has 1 saturated heterocycles. The molecule has 0 aliphatic carbocycles. The van der Waals surface area contributed by atoms with E-state index in [0.29, 0.717) is 22.8 Å². The van der Waals surface area contributed by atoms with E-state index in [-0.39, 0.29) is 19.0 Å². The number of nitrogens with one attached hydrogen (secondary N) is 1. The first-order valence-corrected chi connectivity index (χ1v) is 10.5. The van der Waals surface area contributed by atoms with Crippen molar-refractivity contribution in [2.24, 2.45) is 0 Å². The molecular weight excluding hydrogens is 433 g/mol. The number of ether oxygens (including phenoxy) is 1. The average molecular weight is 455 g/mol. The van der Waals surface area contributed by atoms with Crippen LogP contribution in [-0.2, 0) is 16.1 Å². The van der Waals surface area contributed by atoms with Crippen molar-refractivity contribution in [2.45, 2.75) is 19.6 Å². The molecule has 1 aliphatic rings. The number of anilines is 1. The zero-order valence-corrected chi connectivity index (χ0v) is 18.2. The normalized spacial score (nSPS) is 15.5. The topological polar surface area (TPSA) is 62.5 Å². The molecule has 1 aromatic heterocycles. The van der Waals surface area contributed by atoms with Crippen LogP contribution in [0.4, 0.5) is 14.9 Å². The Balaban J connectivity index is 1.45. The van der Waals surface area contributed by atoms with E-state index in [2.05, 4.69) is 5.32 Å². The Morgan fingerprint density at radius 2 is 1.91 bits per heavy atom. The summed E-state index contributed by atoms with van der Waals surface area (Å²) in [5.74, 6) is -0.636. The molecule has 2 aromatic carbocycles. The molecule has 2 amide bonds. The Kier molecular flexibility index (Phi) is 6.37. The summed E-state index contributed by atoms with van der Waals surface area (Å²) in [4.78, 5) is 24.6. The highest BCUT2D eigenvalue weighted by molar-refractivity contribution is 6.30. The number of pyridine rings is 1. The van der Waals surface area contributed by atoms with Crippen molar-refractivity contribution in [1.29, 1.82) is 0 Å². The largest absolute Gasteiger partial charge is 0.442 e. The smallest absolute Gasteiger partial charge is 0.414 e. The van der Waals surface area contributed by atoms with Crippen LogP contribution < -0.4 is 14.8 Å². The second kappa shape index (κ2) is 9.36. The first kappa shape index (κ1) is 21.8. The summed E-state index contributed by atoms with van der Waals surface area (Å²) < 4.78 is 22.1. The molecule has 164 valence electrons. The Morgan fingerprint density at radius 1 is 1.19 bits per heavy atom. The van der Waals surface area contributed by atoms with Gasteiger partial charge in [0.25, 0.3) is 0 Å². The van der Waals surface area contributed by atoms with Crippen LogP contribution in [0, 0.1) is 5.82 Å². The van der Waals surface area contributed by atoms with Crippen LogP contribution in [0.25, 0.3) is 11.1 Å². The number of cyclic esters (lactones) is 1. The maximum Gasteiger partial charge on any atom is 0.414 e. The lowest BCUT2D eigenvalue weighted by atomic mass is 10.1. The summed E-state index contributed by atoms with van der Waals surface area (Å²) in [6.07, 6.45) is 2.75. The summed E-state index contributed by atoms with van der Waals surface area (Å²) in [6.45, 7) is 2.53. The van der Waals surface area contributed by atoms with Crippen molar-refractivity contribution in [3.8, 4) is 11.1 Å². The maximum absolute atomic E-state index is 14.9. The first-order chi connectivity index (χ1) is 15.4. The van der Waals surface area contributed by atoms with Crippen LogP contribution in [0.5, 0.6) is 0 Å². The lowest BCUT2D eigenvalue weighted by Gasteiger charge is -2.14. The van der Waals surface area contributed by atoms with Gasteiger partial charge in [0.05, 0.1) is 18.8 Å². The minimum Gasteiger partial charge on any atom is -0.442 e. The van der Waals surface area contributed by atoms with E-state index >= 15 is 0 Å². The van der Waals surface area contributed by atoms with E-state index in [0.717, 1.165) is 11.1 Å². The van der Waals surface area contributed by atoms with Crippen molar-refractivity contribution < 1.29 is 23.3 Å². The fourth-order valence-corrected chi connectivity index (χ4v) is 3.67. The summed E-state index contributed by atoms with van der Waals surface area (Å²) in [6, 6.07) is 16.0. The molecule has 0 unspecified atom stereocenters. The fourth-order valence-electron chi connectivity index (χ4n) is 3.55. The third kappa shape index (κ3) is 5.06. The van der Waals surface area contributed by atoms with Gasteiger partial charge in [-0.2, -0.15) is 0 Å². The highest BCUT2D eigenvalue weighted by atomic mass is 35.5. The molecule has 0 radical (unpaired) electrons. The number of halogens is 2. The Bertz CT molecular complexity index is 1140. The molecule has 6 nitrogen and oxygen atoms in total. The number of hydrogen-bond donors (Lipinski definition) is 1. The highest BCUT2D eigenvalue weighted by Crippen LogP contribution is 2.28. The minimum absolute atomic E-state index is 0.202. The van der Waals surface area contributed by atoms with Crippen LogP contribution in [0.3, 0.4) is 0 Å². The van der Waals surface area contributed by atoms with Crippen LogP contribution in [0.15, 0.2) is 67.0 Å². The molecule has 1 fully saturated rings. The van der Waals surface area contributed by atoms with Gasteiger partial charge in [0.1, 0.15) is 11.9 Å². The van der Waals surface area contributed by atoms with E-state index in [1.165, 1.54) is 17.9 Å².